The highest BCUT2D eigenvalue weighted by Crippen LogP contribution is 2.31. The molecule has 1 nitrogen and oxygen atoms in total. The molecule has 0 heterocycles. The summed E-state index contributed by atoms with van der Waals surface area (Å²) in [6, 6.07) is 7.90. The van der Waals surface area contributed by atoms with Crippen LogP contribution in [0.3, 0.4) is 0 Å². The highest BCUT2D eigenvalue weighted by atomic mass is 19.4. The zero-order valence-corrected chi connectivity index (χ0v) is 13.8. The molecule has 0 spiro atoms. The van der Waals surface area contributed by atoms with Gasteiger partial charge in [0.15, 0.2) is 6.61 Å². The summed E-state index contributed by atoms with van der Waals surface area (Å²) >= 11 is 0. The van der Waals surface area contributed by atoms with Crippen molar-refractivity contribution in [2.45, 2.75) is 60.1 Å². The van der Waals surface area contributed by atoms with Gasteiger partial charge in [-0.3, -0.25) is 0 Å². The van der Waals surface area contributed by atoms with E-state index in [9.17, 15) is 13.2 Å². The number of benzene rings is 1. The second kappa shape index (κ2) is 13.8. The first-order valence-corrected chi connectivity index (χ1v) is 7.76. The van der Waals surface area contributed by atoms with Crippen LogP contribution < -0.4 is 4.74 Å². The van der Waals surface area contributed by atoms with E-state index >= 15 is 0 Å². The van der Waals surface area contributed by atoms with E-state index in [4.69, 9.17) is 0 Å². The maximum Gasteiger partial charge on any atom is 0.422 e. The zero-order chi connectivity index (χ0) is 16.7. The molecule has 1 aromatic rings. The normalized spacial score (nSPS) is 12.6. The number of halogens is 3. The van der Waals surface area contributed by atoms with Crippen LogP contribution in [-0.4, -0.2) is 12.8 Å². The average Bonchev–Trinajstić information content (AvgIpc) is 3.35. The minimum absolute atomic E-state index is 0.231. The molecular formula is C17H29F3O. The Kier molecular flexibility index (Phi) is 14.5. The zero-order valence-electron chi connectivity index (χ0n) is 13.8. The van der Waals surface area contributed by atoms with Crippen molar-refractivity contribution in [3.8, 4) is 5.75 Å². The Morgan fingerprint density at radius 2 is 1.48 bits per heavy atom. The first-order chi connectivity index (χ1) is 10.0. The molecule has 124 valence electrons. The molecule has 1 fully saturated rings. The quantitative estimate of drug-likeness (QED) is 0.620. The predicted octanol–water partition coefficient (Wildman–Crippen LogP) is 6.49. The van der Waals surface area contributed by atoms with E-state index in [2.05, 4.69) is 11.7 Å². The minimum atomic E-state index is -4.27. The number of hydrogen-bond donors (Lipinski definition) is 0. The van der Waals surface area contributed by atoms with Gasteiger partial charge in [0.2, 0.25) is 0 Å². The second-order valence-electron chi connectivity index (χ2n) is 4.07. The Bertz CT molecular complexity index is 306. The fraction of sp³-hybridized carbons (Fsp3) is 0.647. The molecule has 0 atom stereocenters. The molecule has 0 saturated heterocycles. The molecule has 1 aliphatic rings. The van der Waals surface area contributed by atoms with Crippen molar-refractivity contribution in [3.05, 3.63) is 30.3 Å². The summed E-state index contributed by atoms with van der Waals surface area (Å²) < 4.78 is 39.3. The van der Waals surface area contributed by atoms with E-state index < -0.39 is 12.8 Å². The van der Waals surface area contributed by atoms with Gasteiger partial charge < -0.3 is 4.74 Å². The molecule has 1 saturated carbocycles. The number of hydrogen-bond acceptors (Lipinski definition) is 1. The number of alkyl halides is 3. The van der Waals surface area contributed by atoms with Crippen LogP contribution in [0.2, 0.25) is 0 Å². The third kappa shape index (κ3) is 16.8. The van der Waals surface area contributed by atoms with Gasteiger partial charge in [-0.2, -0.15) is 13.2 Å². The van der Waals surface area contributed by atoms with Crippen LogP contribution in [0.25, 0.3) is 0 Å². The van der Waals surface area contributed by atoms with Crippen molar-refractivity contribution in [1.82, 2.24) is 0 Å². The van der Waals surface area contributed by atoms with E-state index in [0.717, 1.165) is 5.92 Å². The summed E-state index contributed by atoms with van der Waals surface area (Å²) in [6.45, 7) is 9.02. The molecule has 21 heavy (non-hydrogen) atoms. The SMILES string of the molecule is CC.CC.CCC1CC1.FC(F)(F)COc1ccccc1. The van der Waals surface area contributed by atoms with Crippen molar-refractivity contribution < 1.29 is 17.9 Å². The van der Waals surface area contributed by atoms with Crippen molar-refractivity contribution >= 4 is 0 Å². The van der Waals surface area contributed by atoms with Gasteiger partial charge in [-0.1, -0.05) is 72.1 Å². The van der Waals surface area contributed by atoms with Crippen LogP contribution >= 0.6 is 0 Å². The second-order valence-corrected chi connectivity index (χ2v) is 4.07. The Morgan fingerprint density at radius 1 is 1.00 bits per heavy atom. The molecule has 1 aliphatic carbocycles. The van der Waals surface area contributed by atoms with Crippen molar-refractivity contribution in [2.75, 3.05) is 6.61 Å². The molecule has 0 radical (unpaired) electrons. The Hall–Kier alpha value is -1.19. The summed E-state index contributed by atoms with van der Waals surface area (Å²) in [4.78, 5) is 0. The number of para-hydroxylation sites is 1. The number of ether oxygens (including phenoxy) is 1. The molecule has 0 N–H and O–H groups in total. The van der Waals surface area contributed by atoms with Gasteiger partial charge in [0.05, 0.1) is 0 Å². The van der Waals surface area contributed by atoms with E-state index in [0.29, 0.717) is 0 Å². The molecule has 0 aromatic heterocycles. The lowest BCUT2D eigenvalue weighted by Crippen LogP contribution is -2.19. The first kappa shape index (κ1) is 22.1. The molecule has 0 unspecified atom stereocenters. The highest BCUT2D eigenvalue weighted by molar-refractivity contribution is 5.20. The topological polar surface area (TPSA) is 9.23 Å². The van der Waals surface area contributed by atoms with Gasteiger partial charge in [0.1, 0.15) is 5.75 Å². The van der Waals surface area contributed by atoms with E-state index in [-0.39, 0.29) is 5.75 Å². The van der Waals surface area contributed by atoms with Crippen molar-refractivity contribution in [2.24, 2.45) is 5.92 Å². The fourth-order valence-corrected chi connectivity index (χ4v) is 1.21. The molecule has 0 amide bonds. The third-order valence-electron chi connectivity index (χ3n) is 2.42. The minimum Gasteiger partial charge on any atom is -0.484 e. The average molecular weight is 306 g/mol. The summed E-state index contributed by atoms with van der Waals surface area (Å²) in [5.41, 5.74) is 0. The monoisotopic (exact) mass is 306 g/mol. The molecular weight excluding hydrogens is 277 g/mol. The van der Waals surface area contributed by atoms with Crippen LogP contribution in [0.1, 0.15) is 53.9 Å². The highest BCUT2D eigenvalue weighted by Gasteiger charge is 2.28. The van der Waals surface area contributed by atoms with Crippen molar-refractivity contribution in [1.29, 1.82) is 0 Å². The van der Waals surface area contributed by atoms with Crippen LogP contribution in [0.4, 0.5) is 13.2 Å². The van der Waals surface area contributed by atoms with Gasteiger partial charge in [-0.15, -0.1) is 0 Å². The Labute approximate surface area is 127 Å². The Balaban J connectivity index is 0. The van der Waals surface area contributed by atoms with Crippen LogP contribution in [-0.2, 0) is 0 Å². The largest absolute Gasteiger partial charge is 0.484 e. The molecule has 2 rings (SSSR count). The fourth-order valence-electron chi connectivity index (χ4n) is 1.21. The van der Waals surface area contributed by atoms with Gasteiger partial charge in [-0.25, -0.2) is 0 Å². The van der Waals surface area contributed by atoms with Crippen LogP contribution in [0.5, 0.6) is 5.75 Å². The standard InChI is InChI=1S/C8H7F3O.C5H10.2C2H6/c9-8(10,11)6-12-7-4-2-1-3-5-7;1-2-5-3-4-5;2*1-2/h1-5H,6H2;5H,2-4H2,1H3;2*1-2H3. The van der Waals surface area contributed by atoms with Crippen LogP contribution in [0.15, 0.2) is 30.3 Å². The Morgan fingerprint density at radius 3 is 1.76 bits per heavy atom. The maximum atomic E-state index is 11.6. The predicted molar refractivity (Wildman–Crippen MR) is 83.7 cm³/mol. The van der Waals surface area contributed by atoms with E-state index in [1.807, 2.05) is 27.7 Å². The molecule has 4 heteroatoms. The summed E-state index contributed by atoms with van der Waals surface area (Å²) in [7, 11) is 0. The van der Waals surface area contributed by atoms with Crippen molar-refractivity contribution in [3.63, 3.8) is 0 Å². The summed E-state index contributed by atoms with van der Waals surface area (Å²) in [5.74, 6) is 1.37. The van der Waals surface area contributed by atoms with Gasteiger partial charge in [0.25, 0.3) is 0 Å². The lowest BCUT2D eigenvalue weighted by Gasteiger charge is -2.07. The summed E-state index contributed by atoms with van der Waals surface area (Å²) in [6.07, 6.45) is 0.169. The number of rotatable bonds is 3. The van der Waals surface area contributed by atoms with Gasteiger partial charge in [0, 0.05) is 0 Å². The molecule has 0 aliphatic heterocycles. The van der Waals surface area contributed by atoms with E-state index in [1.165, 1.54) is 31.4 Å². The first-order valence-electron chi connectivity index (χ1n) is 7.76. The lowest BCUT2D eigenvalue weighted by atomic mass is 10.3. The van der Waals surface area contributed by atoms with Crippen LogP contribution in [0, 0.1) is 5.92 Å². The van der Waals surface area contributed by atoms with Gasteiger partial charge >= 0.3 is 6.18 Å². The van der Waals surface area contributed by atoms with E-state index in [1.54, 1.807) is 18.2 Å². The smallest absolute Gasteiger partial charge is 0.422 e. The summed E-state index contributed by atoms with van der Waals surface area (Å²) in [5, 5.41) is 0. The molecule has 1 aromatic carbocycles. The molecule has 0 bridgehead atoms. The lowest BCUT2D eigenvalue weighted by molar-refractivity contribution is -0.153. The maximum absolute atomic E-state index is 11.6. The third-order valence-corrected chi connectivity index (χ3v) is 2.42. The van der Waals surface area contributed by atoms with Gasteiger partial charge in [-0.05, 0) is 18.1 Å².